The molecule has 1 heterocycles. The standard InChI is InChI=1S/C19H29N3O2.ClH/c1-3-12-19(2,20)18(24)21-16-9-6-15(7-10-16)8-11-17(23)22-13-4-5-14-22;/h6-7,9-10H,3-5,8,11-14,20H2,1-2H3,(H,21,24);1H. The van der Waals surface area contributed by atoms with Crippen molar-refractivity contribution in [3.63, 3.8) is 0 Å². The van der Waals surface area contributed by atoms with E-state index in [1.165, 1.54) is 0 Å². The van der Waals surface area contributed by atoms with Gasteiger partial charge in [0.25, 0.3) is 0 Å². The van der Waals surface area contributed by atoms with Gasteiger partial charge in [-0.2, -0.15) is 0 Å². The molecular formula is C19H30ClN3O2. The highest BCUT2D eigenvalue weighted by Gasteiger charge is 2.27. The first kappa shape index (κ1) is 21.5. The molecule has 2 rings (SSSR count). The maximum Gasteiger partial charge on any atom is 0.244 e. The molecule has 1 aliphatic rings. The van der Waals surface area contributed by atoms with E-state index >= 15 is 0 Å². The summed E-state index contributed by atoms with van der Waals surface area (Å²) in [4.78, 5) is 26.2. The average Bonchev–Trinajstić information content (AvgIpc) is 3.08. The number of rotatable bonds is 7. The molecule has 2 amide bonds. The Bertz CT molecular complexity index is 567. The minimum Gasteiger partial charge on any atom is -0.343 e. The lowest BCUT2D eigenvalue weighted by Gasteiger charge is -2.22. The van der Waals surface area contributed by atoms with E-state index in [4.69, 9.17) is 5.73 Å². The zero-order chi connectivity index (χ0) is 17.6. The van der Waals surface area contributed by atoms with Crippen molar-refractivity contribution < 1.29 is 9.59 Å². The van der Waals surface area contributed by atoms with Gasteiger partial charge in [-0.25, -0.2) is 0 Å². The van der Waals surface area contributed by atoms with Crippen LogP contribution in [0.3, 0.4) is 0 Å². The second-order valence-corrected chi connectivity index (χ2v) is 6.91. The van der Waals surface area contributed by atoms with Gasteiger partial charge in [0.1, 0.15) is 0 Å². The summed E-state index contributed by atoms with van der Waals surface area (Å²) >= 11 is 0. The lowest BCUT2D eigenvalue weighted by molar-refractivity contribution is -0.130. The number of aryl methyl sites for hydroxylation is 1. The van der Waals surface area contributed by atoms with Gasteiger partial charge >= 0.3 is 0 Å². The number of nitrogens with zero attached hydrogens (tertiary/aromatic N) is 1. The zero-order valence-corrected chi connectivity index (χ0v) is 16.0. The van der Waals surface area contributed by atoms with Gasteiger partial charge in [0, 0.05) is 25.2 Å². The molecule has 3 N–H and O–H groups in total. The molecule has 1 fully saturated rings. The second kappa shape index (κ2) is 9.78. The number of carbonyl (C=O) groups excluding carboxylic acids is 2. The normalized spacial score (nSPS) is 16.0. The summed E-state index contributed by atoms with van der Waals surface area (Å²) in [5.41, 5.74) is 7.02. The zero-order valence-electron chi connectivity index (χ0n) is 15.2. The monoisotopic (exact) mass is 367 g/mol. The van der Waals surface area contributed by atoms with Gasteiger partial charge in [-0.05, 0) is 50.3 Å². The Balaban J connectivity index is 0.00000312. The molecular weight excluding hydrogens is 338 g/mol. The largest absolute Gasteiger partial charge is 0.343 e. The number of amides is 2. The first-order valence-corrected chi connectivity index (χ1v) is 8.89. The van der Waals surface area contributed by atoms with Crippen LogP contribution in [0.25, 0.3) is 0 Å². The second-order valence-electron chi connectivity index (χ2n) is 6.91. The molecule has 25 heavy (non-hydrogen) atoms. The molecule has 5 nitrogen and oxygen atoms in total. The van der Waals surface area contributed by atoms with E-state index < -0.39 is 5.54 Å². The molecule has 0 saturated carbocycles. The van der Waals surface area contributed by atoms with Crippen LogP contribution in [0, 0.1) is 0 Å². The predicted molar refractivity (Wildman–Crippen MR) is 104 cm³/mol. The molecule has 1 aromatic rings. The van der Waals surface area contributed by atoms with Crippen molar-refractivity contribution in [2.45, 2.75) is 57.9 Å². The molecule has 0 aromatic heterocycles. The molecule has 0 bridgehead atoms. The first-order chi connectivity index (χ1) is 11.4. The molecule has 0 aliphatic carbocycles. The molecule has 1 saturated heterocycles. The number of halogens is 1. The molecule has 6 heteroatoms. The van der Waals surface area contributed by atoms with E-state index in [0.29, 0.717) is 12.8 Å². The fraction of sp³-hybridized carbons (Fsp3) is 0.579. The quantitative estimate of drug-likeness (QED) is 0.777. The van der Waals surface area contributed by atoms with Crippen molar-refractivity contribution in [3.05, 3.63) is 29.8 Å². The maximum absolute atomic E-state index is 12.2. The summed E-state index contributed by atoms with van der Waals surface area (Å²) in [6.07, 6.45) is 5.04. The summed E-state index contributed by atoms with van der Waals surface area (Å²) in [7, 11) is 0. The van der Waals surface area contributed by atoms with Crippen LogP contribution in [0.15, 0.2) is 24.3 Å². The number of anilines is 1. The number of hydrogen-bond donors (Lipinski definition) is 2. The fourth-order valence-electron chi connectivity index (χ4n) is 3.04. The van der Waals surface area contributed by atoms with Gasteiger partial charge < -0.3 is 16.0 Å². The number of likely N-dealkylation sites (tertiary alicyclic amines) is 1. The smallest absolute Gasteiger partial charge is 0.244 e. The lowest BCUT2D eigenvalue weighted by Crippen LogP contribution is -2.48. The minimum atomic E-state index is -0.852. The fourth-order valence-corrected chi connectivity index (χ4v) is 3.04. The van der Waals surface area contributed by atoms with Crippen LogP contribution < -0.4 is 11.1 Å². The highest BCUT2D eigenvalue weighted by atomic mass is 35.5. The average molecular weight is 368 g/mol. The Morgan fingerprint density at radius 1 is 1.20 bits per heavy atom. The molecule has 1 aliphatic heterocycles. The molecule has 0 spiro atoms. The summed E-state index contributed by atoms with van der Waals surface area (Å²) in [6.45, 7) is 5.57. The van der Waals surface area contributed by atoms with Crippen LogP contribution in [0.5, 0.6) is 0 Å². The molecule has 1 atom stereocenters. The van der Waals surface area contributed by atoms with E-state index in [1.54, 1.807) is 6.92 Å². The van der Waals surface area contributed by atoms with E-state index in [2.05, 4.69) is 5.32 Å². The summed E-state index contributed by atoms with van der Waals surface area (Å²) in [5.74, 6) is 0.0738. The van der Waals surface area contributed by atoms with E-state index in [1.807, 2.05) is 36.1 Å². The van der Waals surface area contributed by atoms with E-state index in [-0.39, 0.29) is 24.2 Å². The first-order valence-electron chi connectivity index (χ1n) is 8.89. The van der Waals surface area contributed by atoms with Crippen LogP contribution in [0.1, 0.15) is 51.5 Å². The summed E-state index contributed by atoms with van der Waals surface area (Å²) in [5, 5.41) is 2.86. The van der Waals surface area contributed by atoms with Crippen molar-refractivity contribution in [2.75, 3.05) is 18.4 Å². The van der Waals surface area contributed by atoms with Crippen molar-refractivity contribution in [3.8, 4) is 0 Å². The van der Waals surface area contributed by atoms with Crippen LogP contribution in [-0.2, 0) is 16.0 Å². The molecule has 0 radical (unpaired) electrons. The SMILES string of the molecule is CCCC(C)(N)C(=O)Nc1ccc(CCC(=O)N2CCCC2)cc1.Cl. The summed E-state index contributed by atoms with van der Waals surface area (Å²) in [6, 6.07) is 7.66. The van der Waals surface area contributed by atoms with Crippen LogP contribution in [0.4, 0.5) is 5.69 Å². The molecule has 140 valence electrons. The van der Waals surface area contributed by atoms with Gasteiger partial charge in [-0.1, -0.05) is 25.5 Å². The van der Waals surface area contributed by atoms with Crippen LogP contribution >= 0.6 is 12.4 Å². The molecule has 1 aromatic carbocycles. The van der Waals surface area contributed by atoms with E-state index in [9.17, 15) is 9.59 Å². The number of carbonyl (C=O) groups is 2. The molecule has 1 unspecified atom stereocenters. The van der Waals surface area contributed by atoms with Crippen molar-refractivity contribution >= 4 is 29.9 Å². The highest BCUT2D eigenvalue weighted by molar-refractivity contribution is 5.97. The Labute approximate surface area is 156 Å². The van der Waals surface area contributed by atoms with Crippen molar-refractivity contribution in [1.82, 2.24) is 4.90 Å². The third kappa shape index (κ3) is 6.33. The Hall–Kier alpha value is -1.59. The third-order valence-corrected chi connectivity index (χ3v) is 4.59. The Morgan fingerprint density at radius 2 is 1.80 bits per heavy atom. The van der Waals surface area contributed by atoms with Gasteiger partial charge in [0.2, 0.25) is 11.8 Å². The van der Waals surface area contributed by atoms with Crippen molar-refractivity contribution in [1.29, 1.82) is 0 Å². The maximum atomic E-state index is 12.2. The summed E-state index contributed by atoms with van der Waals surface area (Å²) < 4.78 is 0. The van der Waals surface area contributed by atoms with Crippen molar-refractivity contribution in [2.24, 2.45) is 5.73 Å². The van der Waals surface area contributed by atoms with E-state index in [0.717, 1.165) is 50.0 Å². The lowest BCUT2D eigenvalue weighted by atomic mass is 9.96. The Morgan fingerprint density at radius 3 is 2.36 bits per heavy atom. The van der Waals surface area contributed by atoms with Gasteiger partial charge in [-0.15, -0.1) is 12.4 Å². The number of nitrogens with two attached hydrogens (primary N) is 1. The highest BCUT2D eigenvalue weighted by Crippen LogP contribution is 2.16. The third-order valence-electron chi connectivity index (χ3n) is 4.59. The van der Waals surface area contributed by atoms with Crippen LogP contribution in [-0.4, -0.2) is 35.3 Å². The number of hydrogen-bond acceptors (Lipinski definition) is 3. The predicted octanol–water partition coefficient (Wildman–Crippen LogP) is 3.12. The number of benzene rings is 1. The topological polar surface area (TPSA) is 75.4 Å². The van der Waals surface area contributed by atoms with Gasteiger partial charge in [0.05, 0.1) is 5.54 Å². The number of nitrogens with one attached hydrogen (secondary N) is 1. The van der Waals surface area contributed by atoms with Crippen LogP contribution in [0.2, 0.25) is 0 Å². The minimum absolute atomic E-state index is 0. The Kier molecular flexibility index (Phi) is 8.39. The van der Waals surface area contributed by atoms with Gasteiger partial charge in [-0.3, -0.25) is 9.59 Å². The van der Waals surface area contributed by atoms with Gasteiger partial charge in [0.15, 0.2) is 0 Å².